The van der Waals surface area contributed by atoms with E-state index in [1.165, 1.54) is 0 Å². The fourth-order valence-electron chi connectivity index (χ4n) is 2.80. The van der Waals surface area contributed by atoms with Crippen molar-refractivity contribution in [1.82, 2.24) is 10.3 Å². The van der Waals surface area contributed by atoms with Gasteiger partial charge in [-0.15, -0.1) is 0 Å². The summed E-state index contributed by atoms with van der Waals surface area (Å²) in [5, 5.41) is 6.42. The van der Waals surface area contributed by atoms with Crippen LogP contribution in [0.15, 0.2) is 42.5 Å². The molecule has 1 aromatic heterocycles. The third kappa shape index (κ3) is 3.01. The molecule has 5 nitrogen and oxygen atoms in total. The lowest BCUT2D eigenvalue weighted by molar-refractivity contribution is 0.0961. The molecule has 24 heavy (non-hydrogen) atoms. The predicted molar refractivity (Wildman–Crippen MR) is 95.6 cm³/mol. The lowest BCUT2D eigenvalue weighted by Gasteiger charge is -2.06. The monoisotopic (exact) mass is 321 g/mol. The van der Waals surface area contributed by atoms with E-state index in [-0.39, 0.29) is 11.8 Å². The van der Waals surface area contributed by atoms with Crippen LogP contribution in [0.1, 0.15) is 32.0 Å². The fourth-order valence-corrected chi connectivity index (χ4v) is 2.80. The Labute approximate surface area is 140 Å². The van der Waals surface area contributed by atoms with Crippen LogP contribution in [0, 0.1) is 13.8 Å². The summed E-state index contributed by atoms with van der Waals surface area (Å²) in [5.41, 5.74) is 4.78. The second kappa shape index (κ2) is 6.20. The minimum absolute atomic E-state index is 0.192. The highest BCUT2D eigenvalue weighted by Gasteiger charge is 2.12. The molecule has 0 aliphatic heterocycles. The second-order valence-corrected chi connectivity index (χ2v) is 5.84. The smallest absolute Gasteiger partial charge is 0.272 e. The van der Waals surface area contributed by atoms with Gasteiger partial charge in [-0.1, -0.05) is 12.1 Å². The number of aryl methyl sites for hydroxylation is 2. The van der Waals surface area contributed by atoms with Crippen molar-refractivity contribution in [2.45, 2.75) is 13.8 Å². The molecule has 5 heteroatoms. The van der Waals surface area contributed by atoms with Crippen LogP contribution in [0.25, 0.3) is 10.9 Å². The van der Waals surface area contributed by atoms with Crippen molar-refractivity contribution < 1.29 is 9.59 Å². The number of hydrogen-bond donors (Lipinski definition) is 3. The lowest BCUT2D eigenvalue weighted by Crippen LogP contribution is -2.18. The van der Waals surface area contributed by atoms with Crippen molar-refractivity contribution in [2.75, 3.05) is 12.4 Å². The SMILES string of the molecule is CNC(=O)c1cccc(NC(=O)c2cc3c(C)cc(C)cc3[nH]2)c1. The molecule has 0 fully saturated rings. The first kappa shape index (κ1) is 15.8. The number of aromatic amines is 1. The first-order chi connectivity index (χ1) is 11.5. The topological polar surface area (TPSA) is 74.0 Å². The molecular weight excluding hydrogens is 302 g/mol. The van der Waals surface area contributed by atoms with E-state index < -0.39 is 0 Å². The number of aromatic nitrogens is 1. The van der Waals surface area contributed by atoms with Gasteiger partial charge in [-0.05, 0) is 55.3 Å². The Morgan fingerprint density at radius 2 is 1.79 bits per heavy atom. The van der Waals surface area contributed by atoms with E-state index in [0.717, 1.165) is 22.0 Å². The average Bonchev–Trinajstić information content (AvgIpc) is 2.98. The van der Waals surface area contributed by atoms with Crippen LogP contribution < -0.4 is 10.6 Å². The van der Waals surface area contributed by atoms with Gasteiger partial charge >= 0.3 is 0 Å². The molecule has 1 heterocycles. The van der Waals surface area contributed by atoms with Crippen LogP contribution in [-0.2, 0) is 0 Å². The van der Waals surface area contributed by atoms with E-state index in [1.54, 1.807) is 31.3 Å². The molecule has 2 amide bonds. The molecule has 0 aliphatic rings. The third-order valence-electron chi connectivity index (χ3n) is 3.94. The number of rotatable bonds is 3. The molecular formula is C19H19N3O2. The molecule has 122 valence electrons. The number of nitrogens with one attached hydrogen (secondary N) is 3. The molecule has 0 atom stereocenters. The zero-order valence-corrected chi connectivity index (χ0v) is 13.9. The Bertz CT molecular complexity index is 941. The van der Waals surface area contributed by atoms with Crippen molar-refractivity contribution in [3.05, 3.63) is 64.8 Å². The van der Waals surface area contributed by atoms with Gasteiger partial charge in [0.05, 0.1) is 0 Å². The number of carbonyl (C=O) groups is 2. The van der Waals surface area contributed by atoms with Crippen LogP contribution in [0.5, 0.6) is 0 Å². The van der Waals surface area contributed by atoms with Crippen molar-refractivity contribution in [3.8, 4) is 0 Å². The van der Waals surface area contributed by atoms with Gasteiger partial charge in [0.25, 0.3) is 11.8 Å². The zero-order chi connectivity index (χ0) is 17.3. The quantitative estimate of drug-likeness (QED) is 0.692. The summed E-state index contributed by atoms with van der Waals surface area (Å²) < 4.78 is 0. The molecule has 3 aromatic rings. The van der Waals surface area contributed by atoms with Gasteiger partial charge in [-0.25, -0.2) is 0 Å². The standard InChI is InChI=1S/C19H19N3O2/c1-11-7-12(2)15-10-17(22-16(15)8-11)19(24)21-14-6-4-5-13(9-14)18(23)20-3/h4-10,22H,1-3H3,(H,20,23)(H,21,24). The number of anilines is 1. The van der Waals surface area contributed by atoms with E-state index >= 15 is 0 Å². The molecule has 2 aromatic carbocycles. The number of amides is 2. The van der Waals surface area contributed by atoms with E-state index in [0.29, 0.717) is 16.9 Å². The molecule has 0 spiro atoms. The predicted octanol–water partition coefficient (Wildman–Crippen LogP) is 3.40. The Balaban J connectivity index is 1.88. The van der Waals surface area contributed by atoms with Crippen LogP contribution in [0.4, 0.5) is 5.69 Å². The minimum atomic E-state index is -0.239. The zero-order valence-electron chi connectivity index (χ0n) is 13.9. The molecule has 3 rings (SSSR count). The normalized spacial score (nSPS) is 10.6. The Morgan fingerprint density at radius 3 is 2.54 bits per heavy atom. The molecule has 0 saturated heterocycles. The van der Waals surface area contributed by atoms with Gasteiger partial charge in [-0.2, -0.15) is 0 Å². The molecule has 0 radical (unpaired) electrons. The molecule has 0 saturated carbocycles. The average molecular weight is 321 g/mol. The fraction of sp³-hybridized carbons (Fsp3) is 0.158. The maximum Gasteiger partial charge on any atom is 0.272 e. The maximum absolute atomic E-state index is 12.5. The van der Waals surface area contributed by atoms with E-state index in [4.69, 9.17) is 0 Å². The van der Waals surface area contributed by atoms with Gasteiger partial charge in [0, 0.05) is 29.2 Å². The van der Waals surface area contributed by atoms with Gasteiger partial charge in [0.15, 0.2) is 0 Å². The lowest BCUT2D eigenvalue weighted by atomic mass is 10.1. The van der Waals surface area contributed by atoms with Gasteiger partial charge in [0.1, 0.15) is 5.69 Å². The summed E-state index contributed by atoms with van der Waals surface area (Å²) in [5.74, 6) is -0.430. The van der Waals surface area contributed by atoms with Gasteiger partial charge in [-0.3, -0.25) is 9.59 Å². The van der Waals surface area contributed by atoms with Crippen molar-refractivity contribution >= 4 is 28.4 Å². The second-order valence-electron chi connectivity index (χ2n) is 5.84. The maximum atomic E-state index is 12.5. The highest BCUT2D eigenvalue weighted by atomic mass is 16.2. The Hall–Kier alpha value is -3.08. The highest BCUT2D eigenvalue weighted by Crippen LogP contribution is 2.22. The molecule has 0 bridgehead atoms. The molecule has 3 N–H and O–H groups in total. The number of benzene rings is 2. The number of H-pyrrole nitrogens is 1. The number of carbonyl (C=O) groups excluding carboxylic acids is 2. The Kier molecular flexibility index (Phi) is 4.08. The van der Waals surface area contributed by atoms with Gasteiger partial charge in [0.2, 0.25) is 0 Å². The summed E-state index contributed by atoms with van der Waals surface area (Å²) in [6.07, 6.45) is 0. The minimum Gasteiger partial charge on any atom is -0.355 e. The first-order valence-corrected chi connectivity index (χ1v) is 7.71. The first-order valence-electron chi connectivity index (χ1n) is 7.71. The van der Waals surface area contributed by atoms with Crippen LogP contribution >= 0.6 is 0 Å². The van der Waals surface area contributed by atoms with Crippen LogP contribution in [-0.4, -0.2) is 23.8 Å². The number of fused-ring (bicyclic) bond motifs is 1. The van der Waals surface area contributed by atoms with E-state index in [1.807, 2.05) is 26.0 Å². The summed E-state index contributed by atoms with van der Waals surface area (Å²) >= 11 is 0. The highest BCUT2D eigenvalue weighted by molar-refractivity contribution is 6.07. The largest absolute Gasteiger partial charge is 0.355 e. The van der Waals surface area contributed by atoms with Gasteiger partial charge < -0.3 is 15.6 Å². The van der Waals surface area contributed by atoms with Crippen molar-refractivity contribution in [1.29, 1.82) is 0 Å². The van der Waals surface area contributed by atoms with Crippen LogP contribution in [0.3, 0.4) is 0 Å². The Morgan fingerprint density at radius 1 is 1.00 bits per heavy atom. The molecule has 0 unspecified atom stereocenters. The summed E-state index contributed by atoms with van der Waals surface area (Å²) in [6, 6.07) is 12.8. The summed E-state index contributed by atoms with van der Waals surface area (Å²) in [7, 11) is 1.57. The number of hydrogen-bond acceptors (Lipinski definition) is 2. The van der Waals surface area contributed by atoms with Crippen LogP contribution in [0.2, 0.25) is 0 Å². The van der Waals surface area contributed by atoms with E-state index in [2.05, 4.69) is 21.7 Å². The molecule has 0 aliphatic carbocycles. The van der Waals surface area contributed by atoms with Crippen molar-refractivity contribution in [2.24, 2.45) is 0 Å². The van der Waals surface area contributed by atoms with Crippen molar-refractivity contribution in [3.63, 3.8) is 0 Å². The summed E-state index contributed by atoms with van der Waals surface area (Å²) in [4.78, 5) is 27.3. The summed E-state index contributed by atoms with van der Waals surface area (Å²) in [6.45, 7) is 4.05. The third-order valence-corrected chi connectivity index (χ3v) is 3.94. The van der Waals surface area contributed by atoms with E-state index in [9.17, 15) is 9.59 Å².